The molecule has 1 saturated carbocycles. The van der Waals surface area contributed by atoms with E-state index in [1.165, 1.54) is 24.2 Å². The topological polar surface area (TPSA) is 115 Å². The minimum absolute atomic E-state index is 0.0440. The highest BCUT2D eigenvalue weighted by Crippen LogP contribution is 2.44. The van der Waals surface area contributed by atoms with E-state index < -0.39 is 5.82 Å². The molecule has 2 aromatic rings. The molecule has 2 heterocycles. The van der Waals surface area contributed by atoms with E-state index in [1.807, 2.05) is 6.92 Å². The van der Waals surface area contributed by atoms with Gasteiger partial charge in [0.1, 0.15) is 23.0 Å². The zero-order chi connectivity index (χ0) is 22.8. The van der Waals surface area contributed by atoms with Gasteiger partial charge in [0, 0.05) is 23.9 Å². The van der Waals surface area contributed by atoms with Crippen molar-refractivity contribution in [1.29, 1.82) is 10.8 Å². The van der Waals surface area contributed by atoms with Crippen LogP contribution >= 0.6 is 11.8 Å². The molecule has 0 bridgehead atoms. The molecule has 4 N–H and O–H groups in total. The van der Waals surface area contributed by atoms with Gasteiger partial charge < -0.3 is 16.0 Å². The number of nitrogens with one attached hydrogen (secondary N) is 4. The van der Waals surface area contributed by atoms with Gasteiger partial charge in [-0.05, 0) is 50.0 Å². The van der Waals surface area contributed by atoms with Crippen molar-refractivity contribution in [3.8, 4) is 0 Å². The number of hydrogen-bond acceptors (Lipinski definition) is 7. The third kappa shape index (κ3) is 4.43. The van der Waals surface area contributed by atoms with Gasteiger partial charge in [0.25, 0.3) is 5.91 Å². The van der Waals surface area contributed by atoms with Crippen molar-refractivity contribution in [2.24, 2.45) is 0 Å². The lowest BCUT2D eigenvalue weighted by Crippen LogP contribution is -2.33. The number of benzene rings is 1. The third-order valence-electron chi connectivity index (χ3n) is 5.84. The zero-order valence-electron chi connectivity index (χ0n) is 18.0. The lowest BCUT2D eigenvalue weighted by molar-refractivity contribution is 0.0933. The Kier molecular flexibility index (Phi) is 6.36. The van der Waals surface area contributed by atoms with Gasteiger partial charge in [-0.25, -0.2) is 14.4 Å². The van der Waals surface area contributed by atoms with Gasteiger partial charge in [-0.2, -0.15) is 0 Å². The molecule has 1 aromatic heterocycles. The molecule has 2 aliphatic rings. The first-order valence-electron chi connectivity index (χ1n) is 10.6. The van der Waals surface area contributed by atoms with E-state index in [9.17, 15) is 9.18 Å². The summed E-state index contributed by atoms with van der Waals surface area (Å²) in [5.74, 6) is -0.352. The van der Waals surface area contributed by atoms with Crippen LogP contribution in [0.15, 0.2) is 35.0 Å². The van der Waals surface area contributed by atoms with Gasteiger partial charge in [-0.3, -0.25) is 10.2 Å². The summed E-state index contributed by atoms with van der Waals surface area (Å²) in [5, 5.41) is 22.7. The van der Waals surface area contributed by atoms with Crippen molar-refractivity contribution in [3.05, 3.63) is 52.7 Å². The zero-order valence-corrected chi connectivity index (χ0v) is 18.8. The number of anilines is 1. The van der Waals surface area contributed by atoms with Crippen molar-refractivity contribution in [3.63, 3.8) is 0 Å². The van der Waals surface area contributed by atoms with E-state index in [0.29, 0.717) is 40.0 Å². The van der Waals surface area contributed by atoms with Crippen LogP contribution in [0.3, 0.4) is 0 Å². The van der Waals surface area contributed by atoms with Crippen LogP contribution in [0, 0.1) is 16.6 Å². The number of rotatable bonds is 6. The van der Waals surface area contributed by atoms with Gasteiger partial charge in [0.05, 0.1) is 16.2 Å². The van der Waals surface area contributed by atoms with Crippen LogP contribution in [0.25, 0.3) is 5.57 Å². The fourth-order valence-corrected chi connectivity index (χ4v) is 4.97. The van der Waals surface area contributed by atoms with Crippen molar-refractivity contribution in [1.82, 2.24) is 15.3 Å². The number of carbonyl (C=O) groups excluding carboxylic acids is 1. The third-order valence-corrected chi connectivity index (χ3v) is 6.83. The predicted octanol–water partition coefficient (Wildman–Crippen LogP) is 4.80. The van der Waals surface area contributed by atoms with E-state index in [-0.39, 0.29) is 17.5 Å². The molecule has 0 atom stereocenters. The Balaban J connectivity index is 1.53. The molecular formula is C23H25FN6OS. The Bertz CT molecular complexity index is 1140. The van der Waals surface area contributed by atoms with Crippen molar-refractivity contribution in [2.45, 2.75) is 57.0 Å². The molecule has 9 heteroatoms. The predicted molar refractivity (Wildman–Crippen MR) is 125 cm³/mol. The van der Waals surface area contributed by atoms with E-state index in [2.05, 4.69) is 20.6 Å². The van der Waals surface area contributed by atoms with E-state index in [4.69, 9.17) is 10.8 Å². The van der Waals surface area contributed by atoms with Crippen LogP contribution < -0.4 is 10.6 Å². The SMILES string of the molecule is CC(=N)/C(C)=C1\C(=N)Sc2c(NCc3ccc(F)c(C(=O)NC4CCCC4)c3)ncnc21. The average molecular weight is 453 g/mol. The summed E-state index contributed by atoms with van der Waals surface area (Å²) < 4.78 is 14.3. The summed E-state index contributed by atoms with van der Waals surface area (Å²) in [6, 6.07) is 4.64. The Morgan fingerprint density at radius 2 is 2.00 bits per heavy atom. The Labute approximate surface area is 190 Å². The number of aromatic nitrogens is 2. The second-order valence-electron chi connectivity index (χ2n) is 8.08. The van der Waals surface area contributed by atoms with Crippen LogP contribution in [-0.4, -0.2) is 32.7 Å². The quantitative estimate of drug-likeness (QED) is 0.470. The number of fused-ring (bicyclic) bond motifs is 1. The molecule has 0 unspecified atom stereocenters. The molecule has 1 aromatic carbocycles. The first kappa shape index (κ1) is 22.1. The maximum absolute atomic E-state index is 14.3. The highest BCUT2D eigenvalue weighted by Gasteiger charge is 2.29. The smallest absolute Gasteiger partial charge is 0.254 e. The minimum atomic E-state index is -0.538. The molecule has 0 radical (unpaired) electrons. The number of carbonyl (C=O) groups is 1. The molecule has 32 heavy (non-hydrogen) atoms. The molecular weight excluding hydrogens is 427 g/mol. The van der Waals surface area contributed by atoms with Gasteiger partial charge >= 0.3 is 0 Å². The summed E-state index contributed by atoms with van der Waals surface area (Å²) in [5.41, 5.74) is 3.18. The largest absolute Gasteiger partial charge is 0.365 e. The first-order chi connectivity index (χ1) is 15.3. The number of nitrogens with zero attached hydrogens (tertiary/aromatic N) is 2. The summed E-state index contributed by atoms with van der Waals surface area (Å²) in [6.07, 6.45) is 5.48. The van der Waals surface area contributed by atoms with Crippen molar-refractivity contribution < 1.29 is 9.18 Å². The molecule has 166 valence electrons. The molecule has 4 rings (SSSR count). The van der Waals surface area contributed by atoms with Crippen LogP contribution in [0.2, 0.25) is 0 Å². The lowest BCUT2D eigenvalue weighted by atomic mass is 10.0. The first-order valence-corrected chi connectivity index (χ1v) is 11.4. The van der Waals surface area contributed by atoms with Gasteiger partial charge in [0.2, 0.25) is 0 Å². The van der Waals surface area contributed by atoms with Crippen LogP contribution in [0.5, 0.6) is 0 Å². The van der Waals surface area contributed by atoms with Gasteiger partial charge in [0.15, 0.2) is 0 Å². The van der Waals surface area contributed by atoms with Crippen molar-refractivity contribution >= 4 is 39.8 Å². The second kappa shape index (κ2) is 9.20. The fourth-order valence-electron chi connectivity index (χ4n) is 3.95. The van der Waals surface area contributed by atoms with Crippen LogP contribution in [-0.2, 0) is 6.54 Å². The fraction of sp³-hybridized carbons (Fsp3) is 0.348. The second-order valence-corrected chi connectivity index (χ2v) is 9.10. The normalized spacial score (nSPS) is 17.3. The molecule has 0 spiro atoms. The van der Waals surface area contributed by atoms with E-state index in [1.54, 1.807) is 19.1 Å². The van der Waals surface area contributed by atoms with Gasteiger partial charge in [-0.1, -0.05) is 30.7 Å². The standard InChI is InChI=1S/C23H25FN6OS/c1-12(13(2)25)18-19-20(32-21(18)26)22(29-11-28-19)27-10-14-7-8-17(24)16(9-14)23(31)30-15-5-3-4-6-15/h7-9,11,15,25-26H,3-6,10H2,1-2H3,(H,30,31)(H,27,28,29)/b18-12-,25-13?,26-21?. The maximum Gasteiger partial charge on any atom is 0.254 e. The number of amides is 1. The summed E-state index contributed by atoms with van der Waals surface area (Å²) in [7, 11) is 0. The minimum Gasteiger partial charge on any atom is -0.365 e. The lowest BCUT2D eigenvalue weighted by Gasteiger charge is -2.14. The molecule has 7 nitrogen and oxygen atoms in total. The van der Waals surface area contributed by atoms with E-state index >= 15 is 0 Å². The summed E-state index contributed by atoms with van der Waals surface area (Å²) in [6.45, 7) is 3.84. The number of halogens is 1. The molecule has 0 saturated heterocycles. The van der Waals surface area contributed by atoms with Gasteiger partial charge in [-0.15, -0.1) is 0 Å². The molecule has 1 aliphatic carbocycles. The molecule has 1 aliphatic heterocycles. The highest BCUT2D eigenvalue weighted by atomic mass is 32.2. The van der Waals surface area contributed by atoms with Crippen LogP contribution in [0.4, 0.5) is 10.2 Å². The average Bonchev–Trinajstić information content (AvgIpc) is 3.39. The summed E-state index contributed by atoms with van der Waals surface area (Å²) in [4.78, 5) is 21.9. The summed E-state index contributed by atoms with van der Waals surface area (Å²) >= 11 is 1.25. The van der Waals surface area contributed by atoms with Crippen LogP contribution in [0.1, 0.15) is 61.1 Å². The number of allylic oxidation sites excluding steroid dienone is 1. The monoisotopic (exact) mass is 452 g/mol. The number of hydrogen-bond donors (Lipinski definition) is 4. The number of thioether (sulfide) groups is 1. The molecule has 1 fully saturated rings. The Morgan fingerprint density at radius 1 is 1.25 bits per heavy atom. The van der Waals surface area contributed by atoms with E-state index in [0.717, 1.165) is 36.1 Å². The Morgan fingerprint density at radius 3 is 2.72 bits per heavy atom. The molecule has 1 amide bonds. The highest BCUT2D eigenvalue weighted by molar-refractivity contribution is 8.15. The Hall–Kier alpha value is -3.07. The maximum atomic E-state index is 14.3. The van der Waals surface area contributed by atoms with Crippen molar-refractivity contribution in [2.75, 3.05) is 5.32 Å².